The van der Waals surface area contributed by atoms with Gasteiger partial charge in [-0.15, -0.1) is 0 Å². The summed E-state index contributed by atoms with van der Waals surface area (Å²) >= 11 is 0. The van der Waals surface area contributed by atoms with Crippen LogP contribution in [-0.4, -0.2) is 10.5 Å². The van der Waals surface area contributed by atoms with E-state index in [1.54, 1.807) is 24.4 Å². The molecule has 3 heteroatoms. The van der Waals surface area contributed by atoms with Gasteiger partial charge in [-0.25, -0.2) is 4.98 Å². The second-order valence-corrected chi connectivity index (χ2v) is 3.65. The number of hydrogen-bond acceptors (Lipinski definition) is 3. The van der Waals surface area contributed by atoms with Gasteiger partial charge in [-0.3, -0.25) is 0 Å². The van der Waals surface area contributed by atoms with Crippen LogP contribution < -0.4 is 5.06 Å². The zero-order valence-corrected chi connectivity index (χ0v) is 7.61. The largest absolute Gasteiger partial charge is 0.757 e. The van der Waals surface area contributed by atoms with Crippen molar-refractivity contribution in [2.75, 3.05) is 5.06 Å². The summed E-state index contributed by atoms with van der Waals surface area (Å²) in [4.78, 5) is 3.96. The van der Waals surface area contributed by atoms with Crippen molar-refractivity contribution < 1.29 is 0 Å². The van der Waals surface area contributed by atoms with Gasteiger partial charge in [0.25, 0.3) is 0 Å². The molecule has 3 nitrogen and oxygen atoms in total. The van der Waals surface area contributed by atoms with E-state index in [2.05, 4.69) is 4.98 Å². The second kappa shape index (κ2) is 3.11. The molecule has 0 bridgehead atoms. The number of nitrogens with zero attached hydrogens (tertiary/aromatic N) is 2. The molecule has 0 unspecified atom stereocenters. The molecule has 0 spiro atoms. The first-order chi connectivity index (χ1) is 5.52. The summed E-state index contributed by atoms with van der Waals surface area (Å²) in [5, 5.41) is 12.4. The van der Waals surface area contributed by atoms with Crippen LogP contribution in [0.2, 0.25) is 0 Å². The third-order valence-corrected chi connectivity index (χ3v) is 1.47. The van der Waals surface area contributed by atoms with Gasteiger partial charge in [-0.2, -0.15) is 0 Å². The van der Waals surface area contributed by atoms with E-state index < -0.39 is 5.54 Å². The minimum atomic E-state index is -0.422. The third kappa shape index (κ3) is 1.95. The number of rotatable bonds is 1. The van der Waals surface area contributed by atoms with Crippen LogP contribution in [0.5, 0.6) is 0 Å². The molecule has 0 aliphatic rings. The average Bonchev–Trinajstić information content (AvgIpc) is 2.03. The third-order valence-electron chi connectivity index (χ3n) is 1.47. The highest BCUT2D eigenvalue weighted by atomic mass is 16.5. The monoisotopic (exact) mass is 165 g/mol. The van der Waals surface area contributed by atoms with E-state index in [9.17, 15) is 5.21 Å². The highest BCUT2D eigenvalue weighted by Crippen LogP contribution is 2.18. The van der Waals surface area contributed by atoms with Crippen molar-refractivity contribution in [3.63, 3.8) is 0 Å². The molecule has 0 atom stereocenters. The lowest BCUT2D eigenvalue weighted by molar-refractivity contribution is 0.552. The molecule has 0 amide bonds. The van der Waals surface area contributed by atoms with Gasteiger partial charge in [-0.05, 0) is 32.9 Å². The highest BCUT2D eigenvalue weighted by Gasteiger charge is 2.12. The Hall–Kier alpha value is -1.09. The van der Waals surface area contributed by atoms with Crippen molar-refractivity contribution in [1.29, 1.82) is 0 Å². The summed E-state index contributed by atoms with van der Waals surface area (Å²) in [6, 6.07) is 5.30. The number of aromatic nitrogens is 1. The zero-order chi connectivity index (χ0) is 9.19. The highest BCUT2D eigenvalue weighted by molar-refractivity contribution is 5.41. The van der Waals surface area contributed by atoms with Crippen molar-refractivity contribution in [1.82, 2.24) is 4.98 Å². The lowest BCUT2D eigenvalue weighted by Crippen LogP contribution is -2.36. The van der Waals surface area contributed by atoms with Gasteiger partial charge in [0.1, 0.15) is 5.82 Å². The molecule has 1 heterocycles. The van der Waals surface area contributed by atoms with Gasteiger partial charge in [0, 0.05) is 11.7 Å². The summed E-state index contributed by atoms with van der Waals surface area (Å²) in [6.07, 6.45) is 1.62. The Morgan fingerprint density at radius 3 is 2.42 bits per heavy atom. The first-order valence-electron chi connectivity index (χ1n) is 3.90. The van der Waals surface area contributed by atoms with E-state index >= 15 is 0 Å². The van der Waals surface area contributed by atoms with Gasteiger partial charge in [0.05, 0.1) is 0 Å². The summed E-state index contributed by atoms with van der Waals surface area (Å²) < 4.78 is 0. The maximum atomic E-state index is 11.5. The Kier molecular flexibility index (Phi) is 2.33. The van der Waals surface area contributed by atoms with Crippen LogP contribution in [0.15, 0.2) is 24.4 Å². The van der Waals surface area contributed by atoms with Crippen molar-refractivity contribution in [3.8, 4) is 0 Å². The Balaban J connectivity index is 2.86. The zero-order valence-electron chi connectivity index (χ0n) is 7.61. The fourth-order valence-electron chi connectivity index (χ4n) is 0.818. The average molecular weight is 165 g/mol. The molecule has 0 fully saturated rings. The molecular formula is C9H13N2O-. The van der Waals surface area contributed by atoms with Gasteiger partial charge in [0.15, 0.2) is 0 Å². The van der Waals surface area contributed by atoms with Crippen LogP contribution in [0.4, 0.5) is 5.82 Å². The topological polar surface area (TPSA) is 39.2 Å². The number of anilines is 1. The maximum absolute atomic E-state index is 11.5. The van der Waals surface area contributed by atoms with Gasteiger partial charge >= 0.3 is 0 Å². The molecule has 0 aromatic carbocycles. The predicted molar refractivity (Wildman–Crippen MR) is 49.8 cm³/mol. The molecule has 66 valence electrons. The smallest absolute Gasteiger partial charge is 0.118 e. The van der Waals surface area contributed by atoms with Gasteiger partial charge in [-0.1, -0.05) is 6.07 Å². The fraction of sp³-hybridized carbons (Fsp3) is 0.444. The first-order valence-corrected chi connectivity index (χ1v) is 3.90. The molecule has 0 aliphatic carbocycles. The van der Waals surface area contributed by atoms with Gasteiger partial charge < -0.3 is 10.3 Å². The minimum Gasteiger partial charge on any atom is -0.757 e. The standard InChI is InChI=1S/C9H13N2O/c1-9(2,3)11(12)8-6-4-5-7-10-8/h4-7H,1-3H3/q-1. The summed E-state index contributed by atoms with van der Waals surface area (Å²) in [5.74, 6) is 0.463. The van der Waals surface area contributed by atoms with Gasteiger partial charge in [0.2, 0.25) is 0 Å². The molecule has 12 heavy (non-hydrogen) atoms. The van der Waals surface area contributed by atoms with E-state index in [0.29, 0.717) is 5.82 Å². The Bertz CT molecular complexity index is 240. The minimum absolute atomic E-state index is 0.422. The molecular weight excluding hydrogens is 152 g/mol. The van der Waals surface area contributed by atoms with E-state index in [-0.39, 0.29) is 0 Å². The molecule has 0 radical (unpaired) electrons. The van der Waals surface area contributed by atoms with Crippen LogP contribution in [0.25, 0.3) is 0 Å². The molecule has 0 saturated carbocycles. The lowest BCUT2D eigenvalue weighted by atomic mass is 10.1. The normalized spacial score (nSPS) is 11.3. The van der Waals surface area contributed by atoms with Crippen molar-refractivity contribution in [2.45, 2.75) is 26.3 Å². The Morgan fingerprint density at radius 1 is 1.33 bits per heavy atom. The first kappa shape index (κ1) is 9.00. The Morgan fingerprint density at radius 2 is 2.00 bits per heavy atom. The van der Waals surface area contributed by atoms with E-state index in [1.165, 1.54) is 0 Å². The number of pyridine rings is 1. The summed E-state index contributed by atoms with van der Waals surface area (Å²) in [6.45, 7) is 5.57. The van der Waals surface area contributed by atoms with Crippen LogP contribution in [-0.2, 0) is 0 Å². The quantitative estimate of drug-likeness (QED) is 0.599. The maximum Gasteiger partial charge on any atom is 0.118 e. The molecule has 1 aromatic rings. The lowest BCUT2D eigenvalue weighted by Gasteiger charge is -2.42. The SMILES string of the molecule is CC(C)(C)N([O-])c1ccccn1. The number of hydroxylamine groups is 1. The van der Waals surface area contributed by atoms with Crippen LogP contribution in [0, 0.1) is 5.21 Å². The van der Waals surface area contributed by atoms with E-state index in [0.717, 1.165) is 5.06 Å². The molecule has 1 rings (SSSR count). The van der Waals surface area contributed by atoms with E-state index in [4.69, 9.17) is 0 Å². The van der Waals surface area contributed by atoms with E-state index in [1.807, 2.05) is 20.8 Å². The predicted octanol–water partition coefficient (Wildman–Crippen LogP) is 2.18. The van der Waals surface area contributed by atoms with Crippen LogP contribution in [0.3, 0.4) is 0 Å². The van der Waals surface area contributed by atoms with Crippen LogP contribution >= 0.6 is 0 Å². The fourth-order valence-corrected chi connectivity index (χ4v) is 0.818. The molecule has 0 aliphatic heterocycles. The van der Waals surface area contributed by atoms with Crippen LogP contribution in [0.1, 0.15) is 20.8 Å². The second-order valence-electron chi connectivity index (χ2n) is 3.65. The summed E-state index contributed by atoms with van der Waals surface area (Å²) in [5.41, 5.74) is -0.422. The van der Waals surface area contributed by atoms with Crippen molar-refractivity contribution >= 4 is 5.82 Å². The Labute approximate surface area is 72.6 Å². The van der Waals surface area contributed by atoms with Crippen molar-refractivity contribution in [3.05, 3.63) is 29.6 Å². The molecule has 0 saturated heterocycles. The number of hydrogen-bond donors (Lipinski definition) is 0. The summed E-state index contributed by atoms with van der Waals surface area (Å²) in [7, 11) is 0. The molecule has 0 N–H and O–H groups in total. The molecule has 1 aromatic heterocycles. The van der Waals surface area contributed by atoms with Crippen molar-refractivity contribution in [2.24, 2.45) is 0 Å².